The number of quaternary nitrogens is 1. The van der Waals surface area contributed by atoms with Gasteiger partial charge in [0.25, 0.3) is 5.91 Å². The van der Waals surface area contributed by atoms with Crippen LogP contribution >= 0.6 is 0 Å². The first kappa shape index (κ1) is 9.45. The van der Waals surface area contributed by atoms with E-state index in [0.717, 1.165) is 13.1 Å². The maximum Gasteiger partial charge on any atom is 0.297 e. The molecule has 78 valence electrons. The Balaban J connectivity index is 1.99. The second kappa shape index (κ2) is 3.96. The van der Waals surface area contributed by atoms with E-state index in [9.17, 15) is 9.59 Å². The molecule has 5 heteroatoms. The van der Waals surface area contributed by atoms with Crippen LogP contribution in [0.1, 0.15) is 25.7 Å². The van der Waals surface area contributed by atoms with Gasteiger partial charge in [-0.15, -0.1) is 0 Å². The molecule has 0 saturated carbocycles. The second-order valence-corrected chi connectivity index (χ2v) is 4.01. The number of rotatable bonds is 1. The average molecular weight is 198 g/mol. The highest BCUT2D eigenvalue weighted by Crippen LogP contribution is 1.99. The smallest absolute Gasteiger partial charge is 0.297 e. The van der Waals surface area contributed by atoms with Crippen molar-refractivity contribution in [2.75, 3.05) is 13.1 Å². The zero-order valence-electron chi connectivity index (χ0n) is 8.14. The molecule has 2 saturated heterocycles. The normalized spacial score (nSPS) is 29.6. The first-order valence-electron chi connectivity index (χ1n) is 5.20. The summed E-state index contributed by atoms with van der Waals surface area (Å²) in [6.07, 6.45) is 3.92. The lowest BCUT2D eigenvalue weighted by Crippen LogP contribution is -3.18. The highest BCUT2D eigenvalue weighted by atomic mass is 16.2. The summed E-state index contributed by atoms with van der Waals surface area (Å²) in [5, 5.41) is 0. The Morgan fingerprint density at radius 3 is 2.50 bits per heavy atom. The Labute approximate surface area is 82.8 Å². The van der Waals surface area contributed by atoms with Crippen molar-refractivity contribution in [1.82, 2.24) is 10.9 Å². The van der Waals surface area contributed by atoms with Crippen LogP contribution in [0.2, 0.25) is 0 Å². The molecule has 0 aromatic rings. The van der Waals surface area contributed by atoms with Gasteiger partial charge in [0, 0.05) is 0 Å². The van der Waals surface area contributed by atoms with E-state index in [1.165, 1.54) is 24.2 Å². The predicted octanol–water partition coefficient (Wildman–Crippen LogP) is -2.03. The van der Waals surface area contributed by atoms with Gasteiger partial charge < -0.3 is 4.90 Å². The fourth-order valence-electron chi connectivity index (χ4n) is 2.23. The molecular formula is C9H16N3O2+. The van der Waals surface area contributed by atoms with Crippen molar-refractivity contribution in [3.8, 4) is 0 Å². The molecule has 1 atom stereocenters. The summed E-state index contributed by atoms with van der Waals surface area (Å²) in [7, 11) is 0. The van der Waals surface area contributed by atoms with Crippen molar-refractivity contribution in [2.45, 2.75) is 31.7 Å². The third-order valence-electron chi connectivity index (χ3n) is 3.02. The van der Waals surface area contributed by atoms with Crippen molar-refractivity contribution in [2.24, 2.45) is 0 Å². The molecule has 5 nitrogen and oxygen atoms in total. The number of hydrogen-bond acceptors (Lipinski definition) is 2. The zero-order chi connectivity index (χ0) is 9.97. The molecule has 2 rings (SSSR count). The quantitative estimate of drug-likeness (QED) is 0.455. The summed E-state index contributed by atoms with van der Waals surface area (Å²) in [4.78, 5) is 23.9. The van der Waals surface area contributed by atoms with Crippen molar-refractivity contribution < 1.29 is 14.5 Å². The maximum atomic E-state index is 11.5. The number of nitrogens with one attached hydrogen (secondary N) is 3. The molecule has 2 aliphatic heterocycles. The zero-order valence-corrected chi connectivity index (χ0v) is 8.14. The Bertz CT molecular complexity index is 248. The first-order valence-corrected chi connectivity index (χ1v) is 5.20. The SMILES string of the molecule is O=C1C[C@@H]([NH+]2CCCCC2)C(=O)NN1. The monoisotopic (exact) mass is 198 g/mol. The van der Waals surface area contributed by atoms with Crippen molar-refractivity contribution in [1.29, 1.82) is 0 Å². The Kier molecular flexibility index (Phi) is 2.67. The molecule has 2 heterocycles. The van der Waals surface area contributed by atoms with E-state index in [1.54, 1.807) is 0 Å². The van der Waals surface area contributed by atoms with Crippen LogP contribution in [0.3, 0.4) is 0 Å². The summed E-state index contributed by atoms with van der Waals surface area (Å²) >= 11 is 0. The number of likely N-dealkylation sites (tertiary alicyclic amines) is 1. The summed E-state index contributed by atoms with van der Waals surface area (Å²) in [5.74, 6) is -0.117. The predicted molar refractivity (Wildman–Crippen MR) is 49.2 cm³/mol. The third kappa shape index (κ3) is 1.87. The van der Waals surface area contributed by atoms with Crippen LogP contribution < -0.4 is 15.8 Å². The molecule has 2 fully saturated rings. The minimum atomic E-state index is -0.163. The van der Waals surface area contributed by atoms with Gasteiger partial charge in [-0.3, -0.25) is 20.4 Å². The van der Waals surface area contributed by atoms with Crippen molar-refractivity contribution in [3.63, 3.8) is 0 Å². The molecule has 2 aliphatic rings. The van der Waals surface area contributed by atoms with Crippen LogP contribution in [-0.2, 0) is 9.59 Å². The molecule has 14 heavy (non-hydrogen) atoms. The third-order valence-corrected chi connectivity index (χ3v) is 3.02. The molecule has 0 aromatic carbocycles. The van der Waals surface area contributed by atoms with Gasteiger partial charge in [-0.2, -0.15) is 0 Å². The van der Waals surface area contributed by atoms with E-state index in [-0.39, 0.29) is 17.9 Å². The molecule has 0 radical (unpaired) electrons. The number of hydrazine groups is 1. The van der Waals surface area contributed by atoms with E-state index in [4.69, 9.17) is 0 Å². The van der Waals surface area contributed by atoms with Gasteiger partial charge >= 0.3 is 0 Å². The van der Waals surface area contributed by atoms with Crippen molar-refractivity contribution >= 4 is 11.8 Å². The fourth-order valence-corrected chi connectivity index (χ4v) is 2.23. The Hall–Kier alpha value is -1.10. The molecular weight excluding hydrogens is 182 g/mol. The highest BCUT2D eigenvalue weighted by Gasteiger charge is 2.36. The minimum Gasteiger partial charge on any atom is -0.324 e. The first-order chi connectivity index (χ1) is 6.77. The molecule has 0 unspecified atom stereocenters. The van der Waals surface area contributed by atoms with Crippen molar-refractivity contribution in [3.05, 3.63) is 0 Å². The standard InChI is InChI=1S/C9H15N3O2/c13-8-6-7(9(14)11-10-8)12-4-2-1-3-5-12/h7H,1-6H2,(H,10,13)(H,11,14)/p+1/t7-/m1/s1. The van der Waals surface area contributed by atoms with Crippen LogP contribution in [0.4, 0.5) is 0 Å². The summed E-state index contributed by atoms with van der Waals surface area (Å²) < 4.78 is 0. The van der Waals surface area contributed by atoms with E-state index < -0.39 is 0 Å². The largest absolute Gasteiger partial charge is 0.324 e. The lowest BCUT2D eigenvalue weighted by Gasteiger charge is -2.32. The molecule has 0 aliphatic carbocycles. The van der Waals surface area contributed by atoms with Crippen LogP contribution in [0.15, 0.2) is 0 Å². The Morgan fingerprint density at radius 2 is 1.79 bits per heavy atom. The molecule has 0 bridgehead atoms. The van der Waals surface area contributed by atoms with Gasteiger partial charge in [0.1, 0.15) is 0 Å². The highest BCUT2D eigenvalue weighted by molar-refractivity contribution is 5.92. The van der Waals surface area contributed by atoms with E-state index in [1.807, 2.05) is 0 Å². The molecule has 0 aromatic heterocycles. The summed E-state index contributed by atoms with van der Waals surface area (Å²) in [6.45, 7) is 2.04. The second-order valence-electron chi connectivity index (χ2n) is 4.01. The lowest BCUT2D eigenvalue weighted by molar-refractivity contribution is -0.920. The van der Waals surface area contributed by atoms with Crippen LogP contribution in [0, 0.1) is 0 Å². The fraction of sp³-hybridized carbons (Fsp3) is 0.778. The number of carbonyl (C=O) groups is 2. The number of carbonyl (C=O) groups excluding carboxylic acids is 2. The van der Waals surface area contributed by atoms with E-state index in [0.29, 0.717) is 6.42 Å². The number of amides is 2. The van der Waals surface area contributed by atoms with Gasteiger partial charge in [0.05, 0.1) is 19.5 Å². The lowest BCUT2D eigenvalue weighted by atomic mass is 10.0. The van der Waals surface area contributed by atoms with E-state index >= 15 is 0 Å². The Morgan fingerprint density at radius 1 is 1.07 bits per heavy atom. The maximum absolute atomic E-state index is 11.5. The van der Waals surface area contributed by atoms with Crippen LogP contribution in [0.5, 0.6) is 0 Å². The minimum absolute atomic E-state index is 0.0403. The summed E-state index contributed by atoms with van der Waals surface area (Å²) in [5.41, 5.74) is 4.77. The topological polar surface area (TPSA) is 62.6 Å². The number of piperidine rings is 1. The van der Waals surface area contributed by atoms with E-state index in [2.05, 4.69) is 10.9 Å². The van der Waals surface area contributed by atoms with Crippen LogP contribution in [-0.4, -0.2) is 30.9 Å². The van der Waals surface area contributed by atoms with Gasteiger partial charge in [-0.25, -0.2) is 0 Å². The molecule has 0 spiro atoms. The van der Waals surface area contributed by atoms with Gasteiger partial charge in [0.2, 0.25) is 5.91 Å². The van der Waals surface area contributed by atoms with Gasteiger partial charge in [-0.05, 0) is 19.3 Å². The molecule has 2 amide bonds. The average Bonchev–Trinajstić information content (AvgIpc) is 2.23. The molecule has 3 N–H and O–H groups in total. The number of hydrogen-bond donors (Lipinski definition) is 3. The van der Waals surface area contributed by atoms with Crippen LogP contribution in [0.25, 0.3) is 0 Å². The van der Waals surface area contributed by atoms with Gasteiger partial charge in [0.15, 0.2) is 6.04 Å². The summed E-state index contributed by atoms with van der Waals surface area (Å²) in [6, 6.07) is -0.163. The van der Waals surface area contributed by atoms with Gasteiger partial charge in [-0.1, -0.05) is 0 Å².